The van der Waals surface area contributed by atoms with E-state index in [1.54, 1.807) is 10.7 Å². The van der Waals surface area contributed by atoms with Gasteiger partial charge in [-0.2, -0.15) is 0 Å². The predicted octanol–water partition coefficient (Wildman–Crippen LogP) is 3.79. The molecule has 0 fully saturated rings. The number of rotatable bonds is 6. The maximum atomic E-state index is 13.7. The zero-order valence-electron chi connectivity index (χ0n) is 12.5. The van der Waals surface area contributed by atoms with Gasteiger partial charge < -0.3 is 5.32 Å². The van der Waals surface area contributed by atoms with Gasteiger partial charge in [0.2, 0.25) is 0 Å². The standard InChI is InChI=1S/C15H20BrFN4/c1-4-13(18-6-3)15-14(5-2)21(20-19-15)10-7-8-11(16)12(17)9-10/h7-9,13,18H,4-6H2,1-3H3. The second-order valence-electron chi connectivity index (χ2n) is 4.80. The molecular weight excluding hydrogens is 335 g/mol. The minimum absolute atomic E-state index is 0.180. The number of nitrogens with one attached hydrogen (secondary N) is 1. The van der Waals surface area contributed by atoms with Crippen LogP contribution in [0.1, 0.15) is 44.6 Å². The summed E-state index contributed by atoms with van der Waals surface area (Å²) in [6.45, 7) is 7.13. The van der Waals surface area contributed by atoms with Gasteiger partial charge in [0.25, 0.3) is 0 Å². The fourth-order valence-electron chi connectivity index (χ4n) is 2.42. The predicted molar refractivity (Wildman–Crippen MR) is 85.1 cm³/mol. The van der Waals surface area contributed by atoms with E-state index in [-0.39, 0.29) is 11.9 Å². The molecule has 0 aliphatic rings. The topological polar surface area (TPSA) is 42.7 Å². The van der Waals surface area contributed by atoms with Gasteiger partial charge in [-0.15, -0.1) is 5.10 Å². The summed E-state index contributed by atoms with van der Waals surface area (Å²) in [4.78, 5) is 0. The van der Waals surface area contributed by atoms with E-state index >= 15 is 0 Å². The Morgan fingerprint density at radius 2 is 2.10 bits per heavy atom. The third kappa shape index (κ3) is 3.32. The lowest BCUT2D eigenvalue weighted by Gasteiger charge is -2.15. The van der Waals surface area contributed by atoms with E-state index in [2.05, 4.69) is 52.3 Å². The van der Waals surface area contributed by atoms with Gasteiger partial charge in [-0.3, -0.25) is 0 Å². The summed E-state index contributed by atoms with van der Waals surface area (Å²) >= 11 is 3.17. The molecule has 114 valence electrons. The highest BCUT2D eigenvalue weighted by Crippen LogP contribution is 2.24. The molecule has 1 N–H and O–H groups in total. The molecule has 0 aliphatic heterocycles. The van der Waals surface area contributed by atoms with E-state index in [1.807, 2.05) is 6.07 Å². The molecule has 0 radical (unpaired) electrons. The first-order valence-corrected chi connectivity index (χ1v) is 8.04. The van der Waals surface area contributed by atoms with Gasteiger partial charge in [-0.1, -0.05) is 26.0 Å². The van der Waals surface area contributed by atoms with Gasteiger partial charge in [-0.25, -0.2) is 9.07 Å². The highest BCUT2D eigenvalue weighted by Gasteiger charge is 2.20. The van der Waals surface area contributed by atoms with Gasteiger partial charge in [0, 0.05) is 6.07 Å². The van der Waals surface area contributed by atoms with Crippen molar-refractivity contribution in [3.8, 4) is 5.69 Å². The van der Waals surface area contributed by atoms with E-state index in [0.29, 0.717) is 10.2 Å². The van der Waals surface area contributed by atoms with E-state index in [1.165, 1.54) is 6.07 Å². The first-order valence-electron chi connectivity index (χ1n) is 7.25. The Morgan fingerprint density at radius 1 is 1.33 bits per heavy atom. The molecule has 4 nitrogen and oxygen atoms in total. The molecule has 0 amide bonds. The maximum Gasteiger partial charge on any atom is 0.139 e. The van der Waals surface area contributed by atoms with Crippen LogP contribution in [0.2, 0.25) is 0 Å². The molecule has 1 aromatic heterocycles. The van der Waals surface area contributed by atoms with Crippen molar-refractivity contribution in [2.24, 2.45) is 0 Å². The Bertz CT molecular complexity index is 612. The molecule has 0 bridgehead atoms. The minimum Gasteiger partial charge on any atom is -0.309 e. The normalized spacial score (nSPS) is 12.6. The second kappa shape index (κ2) is 7.13. The number of aromatic nitrogens is 3. The molecule has 6 heteroatoms. The Hall–Kier alpha value is -1.27. The lowest BCUT2D eigenvalue weighted by Crippen LogP contribution is -2.21. The Kier molecular flexibility index (Phi) is 5.47. The van der Waals surface area contributed by atoms with Crippen molar-refractivity contribution < 1.29 is 4.39 Å². The van der Waals surface area contributed by atoms with Crippen LogP contribution in [0.3, 0.4) is 0 Å². The van der Waals surface area contributed by atoms with Gasteiger partial charge in [-0.05, 0) is 47.4 Å². The van der Waals surface area contributed by atoms with Gasteiger partial charge in [0.05, 0.1) is 21.9 Å². The van der Waals surface area contributed by atoms with Crippen molar-refractivity contribution >= 4 is 15.9 Å². The first-order chi connectivity index (χ1) is 10.1. The molecule has 21 heavy (non-hydrogen) atoms. The summed E-state index contributed by atoms with van der Waals surface area (Å²) in [7, 11) is 0. The zero-order chi connectivity index (χ0) is 15.4. The molecular formula is C15H20BrFN4. The summed E-state index contributed by atoms with van der Waals surface area (Å²) in [5.74, 6) is -0.301. The van der Waals surface area contributed by atoms with E-state index in [0.717, 1.165) is 30.8 Å². The zero-order valence-corrected chi connectivity index (χ0v) is 14.1. The third-order valence-corrected chi connectivity index (χ3v) is 4.11. The van der Waals surface area contributed by atoms with Crippen LogP contribution in [0.4, 0.5) is 4.39 Å². The summed E-state index contributed by atoms with van der Waals surface area (Å²) in [6, 6.07) is 5.17. The smallest absolute Gasteiger partial charge is 0.139 e. The molecule has 0 spiro atoms. The average Bonchev–Trinajstić information content (AvgIpc) is 2.91. The highest BCUT2D eigenvalue weighted by atomic mass is 79.9. The number of benzene rings is 1. The number of hydrogen-bond acceptors (Lipinski definition) is 3. The molecule has 1 heterocycles. The van der Waals surface area contributed by atoms with E-state index in [4.69, 9.17) is 0 Å². The van der Waals surface area contributed by atoms with Crippen LogP contribution in [0, 0.1) is 5.82 Å². The maximum absolute atomic E-state index is 13.7. The van der Waals surface area contributed by atoms with Crippen LogP contribution < -0.4 is 5.32 Å². The lowest BCUT2D eigenvalue weighted by molar-refractivity contribution is 0.520. The van der Waals surface area contributed by atoms with Crippen molar-refractivity contribution in [2.75, 3.05) is 6.54 Å². The van der Waals surface area contributed by atoms with Crippen LogP contribution in [0.15, 0.2) is 22.7 Å². The number of halogens is 2. The molecule has 0 saturated heterocycles. The Labute approximate surface area is 132 Å². The van der Waals surface area contributed by atoms with Crippen LogP contribution in [0.5, 0.6) is 0 Å². The van der Waals surface area contributed by atoms with Crippen molar-refractivity contribution in [3.63, 3.8) is 0 Å². The van der Waals surface area contributed by atoms with Crippen LogP contribution in [-0.4, -0.2) is 21.5 Å². The summed E-state index contributed by atoms with van der Waals surface area (Å²) < 4.78 is 15.9. The molecule has 2 rings (SSSR count). The molecule has 0 aliphatic carbocycles. The fourth-order valence-corrected chi connectivity index (χ4v) is 2.67. The average molecular weight is 355 g/mol. The van der Waals surface area contributed by atoms with Crippen molar-refractivity contribution in [2.45, 2.75) is 39.7 Å². The lowest BCUT2D eigenvalue weighted by atomic mass is 10.1. The summed E-state index contributed by atoms with van der Waals surface area (Å²) in [5, 5.41) is 12.0. The monoisotopic (exact) mass is 354 g/mol. The minimum atomic E-state index is -0.301. The van der Waals surface area contributed by atoms with Crippen LogP contribution >= 0.6 is 15.9 Å². The van der Waals surface area contributed by atoms with Crippen LogP contribution in [-0.2, 0) is 6.42 Å². The van der Waals surface area contributed by atoms with Crippen molar-refractivity contribution in [3.05, 3.63) is 39.9 Å². The molecule has 1 aromatic carbocycles. The molecule has 0 saturated carbocycles. The first kappa shape index (κ1) is 16.1. The van der Waals surface area contributed by atoms with Crippen molar-refractivity contribution in [1.29, 1.82) is 0 Å². The van der Waals surface area contributed by atoms with Gasteiger partial charge in [0.1, 0.15) is 11.5 Å². The van der Waals surface area contributed by atoms with Gasteiger partial charge in [0.15, 0.2) is 0 Å². The molecule has 1 unspecified atom stereocenters. The Morgan fingerprint density at radius 3 is 2.67 bits per heavy atom. The fraction of sp³-hybridized carbons (Fsp3) is 0.467. The Balaban J connectivity index is 2.45. The quantitative estimate of drug-likeness (QED) is 0.857. The third-order valence-electron chi connectivity index (χ3n) is 3.46. The van der Waals surface area contributed by atoms with Crippen molar-refractivity contribution in [1.82, 2.24) is 20.3 Å². The van der Waals surface area contributed by atoms with E-state index < -0.39 is 0 Å². The highest BCUT2D eigenvalue weighted by molar-refractivity contribution is 9.10. The summed E-state index contributed by atoms with van der Waals surface area (Å²) in [5.41, 5.74) is 2.66. The number of hydrogen-bond donors (Lipinski definition) is 1. The SMILES string of the molecule is CCNC(CC)c1nnn(-c2ccc(Br)c(F)c2)c1CC. The van der Waals surface area contributed by atoms with Crippen LogP contribution in [0.25, 0.3) is 5.69 Å². The molecule has 1 atom stereocenters. The molecule has 2 aromatic rings. The van der Waals surface area contributed by atoms with Gasteiger partial charge >= 0.3 is 0 Å². The second-order valence-corrected chi connectivity index (χ2v) is 5.66. The largest absolute Gasteiger partial charge is 0.309 e. The summed E-state index contributed by atoms with van der Waals surface area (Å²) in [6.07, 6.45) is 1.73. The van der Waals surface area contributed by atoms with E-state index in [9.17, 15) is 4.39 Å². The number of nitrogens with zero attached hydrogens (tertiary/aromatic N) is 3.